The summed E-state index contributed by atoms with van der Waals surface area (Å²) in [5, 5.41) is 11.5. The number of aliphatic carboxylic acids is 1. The van der Waals surface area contributed by atoms with Gasteiger partial charge < -0.3 is 15.4 Å². The van der Waals surface area contributed by atoms with Gasteiger partial charge in [0.05, 0.1) is 5.92 Å². The number of anilines is 1. The van der Waals surface area contributed by atoms with Crippen LogP contribution in [-0.2, 0) is 18.3 Å². The average molecular weight is 331 g/mol. The van der Waals surface area contributed by atoms with Crippen LogP contribution >= 0.6 is 0 Å². The third-order valence-electron chi connectivity index (χ3n) is 3.60. The molecule has 0 saturated heterocycles. The highest BCUT2D eigenvalue weighted by molar-refractivity contribution is 6.03. The van der Waals surface area contributed by atoms with Crippen LogP contribution in [0.4, 0.5) is 5.69 Å². The molecule has 1 heterocycles. The van der Waals surface area contributed by atoms with Crippen molar-refractivity contribution in [3.8, 4) is 0 Å². The first-order valence-electron chi connectivity index (χ1n) is 7.21. The van der Waals surface area contributed by atoms with E-state index in [1.807, 2.05) is 0 Å². The van der Waals surface area contributed by atoms with Crippen LogP contribution in [-0.4, -0.2) is 26.5 Å². The quantitative estimate of drug-likeness (QED) is 0.740. The maximum Gasteiger partial charge on any atom is 0.328 e. The highest BCUT2D eigenvalue weighted by Gasteiger charge is 2.14. The number of carbonyl (C=O) groups is 2. The number of carboxylic acid groups (broad SMARTS) is 1. The minimum Gasteiger partial charge on any atom is -0.481 e. The Morgan fingerprint density at radius 1 is 1.25 bits per heavy atom. The predicted molar refractivity (Wildman–Crippen MR) is 87.2 cm³/mol. The molecule has 0 saturated carbocycles. The molecule has 2 rings (SSSR count). The lowest BCUT2D eigenvalue weighted by molar-refractivity contribution is -0.141. The topological polar surface area (TPSA) is 121 Å². The molecule has 1 amide bonds. The second kappa shape index (κ2) is 6.95. The number of carboxylic acids is 1. The molecule has 0 aliphatic carbocycles. The zero-order chi connectivity index (χ0) is 17.9. The van der Waals surface area contributed by atoms with E-state index in [1.165, 1.54) is 7.05 Å². The van der Waals surface area contributed by atoms with Crippen molar-refractivity contribution < 1.29 is 14.7 Å². The van der Waals surface area contributed by atoms with Gasteiger partial charge in [-0.2, -0.15) is 0 Å². The van der Waals surface area contributed by atoms with Gasteiger partial charge in [-0.15, -0.1) is 0 Å². The molecule has 3 N–H and O–H groups in total. The van der Waals surface area contributed by atoms with Crippen LogP contribution in [0.5, 0.6) is 0 Å². The van der Waals surface area contributed by atoms with E-state index in [1.54, 1.807) is 31.2 Å². The summed E-state index contributed by atoms with van der Waals surface area (Å²) in [7, 11) is 1.27. The number of nitrogens with zero attached hydrogens (tertiary/aromatic N) is 1. The van der Waals surface area contributed by atoms with E-state index in [9.17, 15) is 19.2 Å². The van der Waals surface area contributed by atoms with Gasteiger partial charge in [-0.25, -0.2) is 4.79 Å². The summed E-state index contributed by atoms with van der Waals surface area (Å²) in [6, 6.07) is 6.66. The van der Waals surface area contributed by atoms with Crippen molar-refractivity contribution >= 4 is 17.6 Å². The molecule has 1 atom stereocenters. The number of nitrogens with one attached hydrogen (secondary N) is 2. The van der Waals surface area contributed by atoms with Crippen molar-refractivity contribution in [2.24, 2.45) is 13.0 Å². The Morgan fingerprint density at radius 2 is 1.88 bits per heavy atom. The fraction of sp³-hybridized carbons (Fsp3) is 0.250. The van der Waals surface area contributed by atoms with Gasteiger partial charge >= 0.3 is 11.7 Å². The molecule has 2 aromatic rings. The van der Waals surface area contributed by atoms with E-state index < -0.39 is 29.0 Å². The Hall–Kier alpha value is -3.16. The highest BCUT2D eigenvalue weighted by Crippen LogP contribution is 2.14. The van der Waals surface area contributed by atoms with Crippen molar-refractivity contribution in [1.82, 2.24) is 9.55 Å². The van der Waals surface area contributed by atoms with Crippen molar-refractivity contribution in [3.05, 3.63) is 62.4 Å². The smallest absolute Gasteiger partial charge is 0.328 e. The largest absolute Gasteiger partial charge is 0.481 e. The van der Waals surface area contributed by atoms with E-state index in [0.717, 1.165) is 16.3 Å². The molecule has 24 heavy (non-hydrogen) atoms. The number of carbonyl (C=O) groups excluding carboxylic acids is 1. The number of H-pyrrole nitrogens is 1. The Bertz CT molecular complexity index is 880. The zero-order valence-electron chi connectivity index (χ0n) is 13.2. The molecule has 0 spiro atoms. The third kappa shape index (κ3) is 3.78. The molecule has 0 aliphatic heterocycles. The summed E-state index contributed by atoms with van der Waals surface area (Å²) in [6.45, 7) is 1.62. The van der Waals surface area contributed by atoms with E-state index in [-0.39, 0.29) is 5.56 Å². The number of hydrogen-bond donors (Lipinski definition) is 3. The van der Waals surface area contributed by atoms with Gasteiger partial charge in [-0.05, 0) is 24.1 Å². The molecule has 8 nitrogen and oxygen atoms in total. The SMILES string of the molecule is CC(Cc1ccc(NC(=O)c2c[nH]c(=O)n(C)c2=O)cc1)C(=O)O. The number of amides is 1. The number of aromatic amines is 1. The summed E-state index contributed by atoms with van der Waals surface area (Å²) in [5.41, 5.74) is -0.194. The van der Waals surface area contributed by atoms with Crippen LogP contribution < -0.4 is 16.6 Å². The van der Waals surface area contributed by atoms with Crippen molar-refractivity contribution in [3.63, 3.8) is 0 Å². The van der Waals surface area contributed by atoms with Crippen molar-refractivity contribution in [2.45, 2.75) is 13.3 Å². The number of benzene rings is 1. The minimum absolute atomic E-state index is 0.180. The first-order chi connectivity index (χ1) is 11.3. The summed E-state index contributed by atoms with van der Waals surface area (Å²) in [5.74, 6) is -2.02. The summed E-state index contributed by atoms with van der Waals surface area (Å²) >= 11 is 0. The second-order valence-electron chi connectivity index (χ2n) is 5.47. The van der Waals surface area contributed by atoms with E-state index in [4.69, 9.17) is 5.11 Å². The molecule has 1 unspecified atom stereocenters. The average Bonchev–Trinajstić information content (AvgIpc) is 2.54. The van der Waals surface area contributed by atoms with Gasteiger partial charge in [0.15, 0.2) is 0 Å². The Morgan fingerprint density at radius 3 is 2.46 bits per heavy atom. The fourth-order valence-electron chi connectivity index (χ4n) is 2.09. The Labute approximate surface area is 136 Å². The highest BCUT2D eigenvalue weighted by atomic mass is 16.4. The van der Waals surface area contributed by atoms with Crippen LogP contribution in [0.25, 0.3) is 0 Å². The molecule has 0 radical (unpaired) electrons. The number of hydrogen-bond acceptors (Lipinski definition) is 4. The van der Waals surface area contributed by atoms with E-state index in [0.29, 0.717) is 12.1 Å². The molecule has 8 heteroatoms. The molecular weight excluding hydrogens is 314 g/mol. The summed E-state index contributed by atoms with van der Waals surface area (Å²) < 4.78 is 0.811. The standard InChI is InChI=1S/C16H17N3O5/c1-9(15(22)23)7-10-3-5-11(6-4-10)18-13(20)12-8-17-16(24)19(2)14(12)21/h3-6,8-9H,7H2,1-2H3,(H,17,24)(H,18,20)(H,22,23). The van der Waals surface area contributed by atoms with Gasteiger partial charge in [0.2, 0.25) is 0 Å². The number of rotatable bonds is 5. The molecule has 0 fully saturated rings. The Kier molecular flexibility index (Phi) is 4.98. The summed E-state index contributed by atoms with van der Waals surface area (Å²) in [6.07, 6.45) is 1.45. The van der Waals surface area contributed by atoms with Gasteiger partial charge in [0.25, 0.3) is 11.5 Å². The minimum atomic E-state index is -0.874. The van der Waals surface area contributed by atoms with Crippen LogP contribution in [0, 0.1) is 5.92 Å². The van der Waals surface area contributed by atoms with Crippen LogP contribution in [0.15, 0.2) is 40.1 Å². The van der Waals surface area contributed by atoms with Gasteiger partial charge in [0, 0.05) is 18.9 Å². The van der Waals surface area contributed by atoms with Gasteiger partial charge in [-0.3, -0.25) is 19.0 Å². The van der Waals surface area contributed by atoms with Gasteiger partial charge in [0.1, 0.15) is 5.56 Å². The number of aromatic nitrogens is 2. The normalized spacial score (nSPS) is 11.8. The van der Waals surface area contributed by atoms with E-state index >= 15 is 0 Å². The third-order valence-corrected chi connectivity index (χ3v) is 3.60. The lowest BCUT2D eigenvalue weighted by Gasteiger charge is -2.08. The maximum atomic E-state index is 12.1. The van der Waals surface area contributed by atoms with Crippen molar-refractivity contribution in [2.75, 3.05) is 5.32 Å². The first-order valence-corrected chi connectivity index (χ1v) is 7.21. The molecular formula is C16H17N3O5. The van der Waals surface area contributed by atoms with Crippen LogP contribution in [0.1, 0.15) is 22.8 Å². The van der Waals surface area contributed by atoms with Gasteiger partial charge in [-0.1, -0.05) is 19.1 Å². The van der Waals surface area contributed by atoms with E-state index in [2.05, 4.69) is 10.3 Å². The summed E-state index contributed by atoms with van der Waals surface area (Å²) in [4.78, 5) is 48.4. The molecule has 0 bridgehead atoms. The Balaban J connectivity index is 2.13. The zero-order valence-corrected chi connectivity index (χ0v) is 13.2. The fourth-order valence-corrected chi connectivity index (χ4v) is 2.09. The van der Waals surface area contributed by atoms with Crippen molar-refractivity contribution in [1.29, 1.82) is 0 Å². The lowest BCUT2D eigenvalue weighted by Crippen LogP contribution is -2.37. The molecule has 1 aromatic heterocycles. The lowest BCUT2D eigenvalue weighted by atomic mass is 10.0. The first kappa shape index (κ1) is 17.2. The molecule has 0 aliphatic rings. The predicted octanol–water partition coefficient (Wildman–Crippen LogP) is 0.589. The maximum absolute atomic E-state index is 12.1. The molecule has 126 valence electrons. The van der Waals surface area contributed by atoms with Crippen LogP contribution in [0.2, 0.25) is 0 Å². The monoisotopic (exact) mass is 331 g/mol. The van der Waals surface area contributed by atoms with Crippen LogP contribution in [0.3, 0.4) is 0 Å². The molecule has 1 aromatic carbocycles. The second-order valence-corrected chi connectivity index (χ2v) is 5.47.